The van der Waals surface area contributed by atoms with Crippen LogP contribution in [0.5, 0.6) is 5.75 Å². The zero-order valence-corrected chi connectivity index (χ0v) is 18.0. The summed E-state index contributed by atoms with van der Waals surface area (Å²) < 4.78 is 5.38. The highest BCUT2D eigenvalue weighted by Gasteiger charge is 2.11. The highest BCUT2D eigenvalue weighted by molar-refractivity contribution is 7.99. The van der Waals surface area contributed by atoms with Crippen LogP contribution in [0.25, 0.3) is 0 Å². The second kappa shape index (κ2) is 10.6. The van der Waals surface area contributed by atoms with E-state index >= 15 is 0 Å². The van der Waals surface area contributed by atoms with Gasteiger partial charge in [0, 0.05) is 22.6 Å². The zero-order valence-electron chi connectivity index (χ0n) is 17.2. The second-order valence-electron chi connectivity index (χ2n) is 6.94. The first-order chi connectivity index (χ1) is 14.6. The van der Waals surface area contributed by atoms with Crippen molar-refractivity contribution in [1.82, 2.24) is 0 Å². The van der Waals surface area contributed by atoms with Crippen molar-refractivity contribution in [2.24, 2.45) is 0 Å². The van der Waals surface area contributed by atoms with Crippen LogP contribution in [0.4, 0.5) is 5.69 Å². The number of thioether (sulfide) groups is 1. The topological polar surface area (TPSA) is 55.4 Å². The SMILES string of the molecule is COc1ccc(C(C)=O)cc1CSCC(=O)Nc1ccccc1Cc1ccccc1. The van der Waals surface area contributed by atoms with Gasteiger partial charge >= 0.3 is 0 Å². The third-order valence-electron chi connectivity index (χ3n) is 4.71. The van der Waals surface area contributed by atoms with E-state index in [0.717, 1.165) is 29.0 Å². The molecule has 0 atom stereocenters. The summed E-state index contributed by atoms with van der Waals surface area (Å²) in [4.78, 5) is 24.2. The molecule has 0 fully saturated rings. The van der Waals surface area contributed by atoms with E-state index in [-0.39, 0.29) is 11.7 Å². The molecule has 0 radical (unpaired) electrons. The number of methoxy groups -OCH3 is 1. The van der Waals surface area contributed by atoms with Crippen LogP contribution in [-0.2, 0) is 17.0 Å². The van der Waals surface area contributed by atoms with Crippen molar-refractivity contribution in [2.45, 2.75) is 19.1 Å². The molecule has 154 valence electrons. The van der Waals surface area contributed by atoms with Gasteiger partial charge in [-0.15, -0.1) is 11.8 Å². The third-order valence-corrected chi connectivity index (χ3v) is 5.69. The van der Waals surface area contributed by atoms with Crippen LogP contribution in [0.3, 0.4) is 0 Å². The molecule has 0 bridgehead atoms. The van der Waals surface area contributed by atoms with Crippen molar-refractivity contribution >= 4 is 29.1 Å². The molecule has 0 aliphatic carbocycles. The van der Waals surface area contributed by atoms with Gasteiger partial charge in [0.1, 0.15) is 5.75 Å². The van der Waals surface area contributed by atoms with Crippen LogP contribution < -0.4 is 10.1 Å². The van der Waals surface area contributed by atoms with E-state index in [4.69, 9.17) is 4.74 Å². The molecule has 30 heavy (non-hydrogen) atoms. The Morgan fingerprint density at radius 1 is 0.933 bits per heavy atom. The van der Waals surface area contributed by atoms with E-state index in [1.54, 1.807) is 26.2 Å². The molecule has 1 amide bonds. The Kier molecular flexibility index (Phi) is 7.69. The standard InChI is InChI=1S/C25H25NO3S/c1-18(27)20-12-13-24(29-2)22(15-20)16-30-17-25(28)26-23-11-7-6-10-21(23)14-19-8-4-3-5-9-19/h3-13,15H,14,16-17H2,1-2H3,(H,26,28). The number of anilines is 1. The second-order valence-corrected chi connectivity index (χ2v) is 7.93. The molecule has 5 heteroatoms. The molecule has 0 saturated carbocycles. The summed E-state index contributed by atoms with van der Waals surface area (Å²) in [5.74, 6) is 1.58. The lowest BCUT2D eigenvalue weighted by Crippen LogP contribution is -2.15. The van der Waals surface area contributed by atoms with Gasteiger partial charge in [-0.1, -0.05) is 48.5 Å². The summed E-state index contributed by atoms with van der Waals surface area (Å²) in [6, 6.07) is 23.5. The number of benzene rings is 3. The molecule has 4 nitrogen and oxygen atoms in total. The highest BCUT2D eigenvalue weighted by Crippen LogP contribution is 2.25. The van der Waals surface area contributed by atoms with Gasteiger partial charge < -0.3 is 10.1 Å². The number of hydrogen-bond acceptors (Lipinski definition) is 4. The van der Waals surface area contributed by atoms with Gasteiger partial charge in [-0.3, -0.25) is 9.59 Å². The highest BCUT2D eigenvalue weighted by atomic mass is 32.2. The van der Waals surface area contributed by atoms with Gasteiger partial charge in [-0.05, 0) is 48.7 Å². The van der Waals surface area contributed by atoms with Crippen molar-refractivity contribution < 1.29 is 14.3 Å². The Morgan fingerprint density at radius 3 is 2.40 bits per heavy atom. The number of nitrogens with one attached hydrogen (secondary N) is 1. The first-order valence-corrected chi connectivity index (χ1v) is 10.9. The van der Waals surface area contributed by atoms with Crippen LogP contribution in [0.2, 0.25) is 0 Å². The fourth-order valence-electron chi connectivity index (χ4n) is 3.16. The Balaban J connectivity index is 1.60. The van der Waals surface area contributed by atoms with Gasteiger partial charge in [0.05, 0.1) is 12.9 Å². The summed E-state index contributed by atoms with van der Waals surface area (Å²) in [7, 11) is 1.60. The number of rotatable bonds is 9. The zero-order chi connectivity index (χ0) is 21.3. The van der Waals surface area contributed by atoms with Crippen molar-refractivity contribution in [3.05, 3.63) is 95.1 Å². The minimum atomic E-state index is -0.0535. The predicted molar refractivity (Wildman–Crippen MR) is 123 cm³/mol. The first-order valence-electron chi connectivity index (χ1n) is 9.74. The quantitative estimate of drug-likeness (QED) is 0.474. The molecular formula is C25H25NO3S. The number of ether oxygens (including phenoxy) is 1. The summed E-state index contributed by atoms with van der Waals surface area (Å²) in [5.41, 5.74) is 4.67. The maximum Gasteiger partial charge on any atom is 0.234 e. The molecule has 3 aromatic rings. The van der Waals surface area contributed by atoms with Crippen LogP contribution in [-0.4, -0.2) is 24.6 Å². The third kappa shape index (κ3) is 5.97. The molecule has 1 N–H and O–H groups in total. The van der Waals surface area contributed by atoms with Crippen molar-refractivity contribution in [2.75, 3.05) is 18.2 Å². The number of ketones is 1. The number of amides is 1. The molecular weight excluding hydrogens is 394 g/mol. The summed E-state index contributed by atoms with van der Waals surface area (Å²) in [6.07, 6.45) is 0.763. The van der Waals surface area contributed by atoms with Gasteiger partial charge in [0.25, 0.3) is 0 Å². The fraction of sp³-hybridized carbons (Fsp3) is 0.200. The van der Waals surface area contributed by atoms with Crippen LogP contribution in [0, 0.1) is 0 Å². The molecule has 0 aliphatic rings. The maximum absolute atomic E-state index is 12.5. The molecule has 0 aromatic heterocycles. The van der Waals surface area contributed by atoms with Gasteiger partial charge in [0.15, 0.2) is 5.78 Å². The molecule has 0 saturated heterocycles. The minimum Gasteiger partial charge on any atom is -0.496 e. The number of para-hydroxylation sites is 1. The van der Waals surface area contributed by atoms with E-state index < -0.39 is 0 Å². The van der Waals surface area contributed by atoms with Gasteiger partial charge in [-0.2, -0.15) is 0 Å². The Hall–Kier alpha value is -3.05. The Bertz CT molecular complexity index is 1020. The molecule has 3 rings (SSSR count). The van der Waals surface area contributed by atoms with Crippen LogP contribution in [0.15, 0.2) is 72.8 Å². The number of carbonyl (C=O) groups excluding carboxylic acids is 2. The normalized spacial score (nSPS) is 10.5. The van der Waals surface area contributed by atoms with E-state index in [1.807, 2.05) is 48.5 Å². The van der Waals surface area contributed by atoms with Crippen molar-refractivity contribution in [3.63, 3.8) is 0 Å². The molecule has 3 aromatic carbocycles. The first kappa shape index (κ1) is 21.7. The average Bonchev–Trinajstić information content (AvgIpc) is 2.75. The van der Waals surface area contributed by atoms with E-state index in [0.29, 0.717) is 17.1 Å². The monoisotopic (exact) mass is 419 g/mol. The van der Waals surface area contributed by atoms with E-state index in [1.165, 1.54) is 17.3 Å². The molecule has 0 unspecified atom stereocenters. The fourth-order valence-corrected chi connectivity index (χ4v) is 3.97. The van der Waals surface area contributed by atoms with Crippen molar-refractivity contribution in [3.8, 4) is 5.75 Å². The smallest absolute Gasteiger partial charge is 0.234 e. The minimum absolute atomic E-state index is 0.0108. The number of hydrogen-bond donors (Lipinski definition) is 1. The summed E-state index contributed by atoms with van der Waals surface area (Å²) in [6.45, 7) is 1.54. The van der Waals surface area contributed by atoms with Crippen LogP contribution in [0.1, 0.15) is 34.0 Å². The average molecular weight is 420 g/mol. The van der Waals surface area contributed by atoms with Crippen molar-refractivity contribution in [1.29, 1.82) is 0 Å². The lowest BCUT2D eigenvalue weighted by Gasteiger charge is -2.12. The predicted octanol–water partition coefficient (Wildman–Crippen LogP) is 5.36. The maximum atomic E-state index is 12.5. The Labute approximate surface area is 181 Å². The Morgan fingerprint density at radius 2 is 1.67 bits per heavy atom. The van der Waals surface area contributed by atoms with E-state index in [9.17, 15) is 9.59 Å². The molecule has 0 heterocycles. The lowest BCUT2D eigenvalue weighted by atomic mass is 10.0. The molecule has 0 aliphatic heterocycles. The van der Waals surface area contributed by atoms with Gasteiger partial charge in [-0.25, -0.2) is 0 Å². The number of carbonyl (C=O) groups is 2. The number of Topliss-reactive ketones (excluding diaryl/α,β-unsaturated/α-hetero) is 1. The van der Waals surface area contributed by atoms with E-state index in [2.05, 4.69) is 17.4 Å². The summed E-state index contributed by atoms with van der Waals surface area (Å²) >= 11 is 1.49. The lowest BCUT2D eigenvalue weighted by molar-refractivity contribution is -0.113. The van der Waals surface area contributed by atoms with Gasteiger partial charge in [0.2, 0.25) is 5.91 Å². The van der Waals surface area contributed by atoms with Crippen LogP contribution >= 0.6 is 11.8 Å². The molecule has 0 spiro atoms. The summed E-state index contributed by atoms with van der Waals surface area (Å²) in [5, 5.41) is 3.03. The largest absolute Gasteiger partial charge is 0.496 e.